The number of rotatable bonds is 10. The fourth-order valence-electron chi connectivity index (χ4n) is 3.83. The number of nitrogens with zero attached hydrogens (tertiary/aromatic N) is 2. The molecule has 3 rings (SSSR count). The molecule has 3 amide bonds. The highest BCUT2D eigenvalue weighted by atomic mass is 32.1. The van der Waals surface area contributed by atoms with Gasteiger partial charge in [0.1, 0.15) is 16.7 Å². The van der Waals surface area contributed by atoms with E-state index in [0.717, 1.165) is 24.4 Å². The topological polar surface area (TPSA) is 150 Å². The summed E-state index contributed by atoms with van der Waals surface area (Å²) in [6, 6.07) is 5.97. The van der Waals surface area contributed by atoms with Crippen molar-refractivity contribution in [1.29, 1.82) is 0 Å². The molecule has 5 N–H and O–H groups in total. The normalized spacial score (nSPS) is 16.3. The highest BCUT2D eigenvalue weighted by Crippen LogP contribution is 2.30. The van der Waals surface area contributed by atoms with Gasteiger partial charge >= 0.3 is 0 Å². The van der Waals surface area contributed by atoms with Gasteiger partial charge in [0.2, 0.25) is 5.91 Å². The zero-order valence-electron chi connectivity index (χ0n) is 19.6. The Morgan fingerprint density at radius 1 is 1.29 bits per heavy atom. The second kappa shape index (κ2) is 11.3. The molecule has 11 heteroatoms. The van der Waals surface area contributed by atoms with Crippen molar-refractivity contribution in [3.8, 4) is 5.75 Å². The maximum atomic E-state index is 13.8. The van der Waals surface area contributed by atoms with Crippen molar-refractivity contribution in [3.05, 3.63) is 34.8 Å². The Morgan fingerprint density at radius 3 is 2.53 bits per heavy atom. The van der Waals surface area contributed by atoms with Gasteiger partial charge in [0, 0.05) is 18.8 Å². The van der Waals surface area contributed by atoms with Crippen LogP contribution in [0.25, 0.3) is 0 Å². The van der Waals surface area contributed by atoms with Gasteiger partial charge in [-0.25, -0.2) is 0 Å². The molecular formula is C23H31N5O5S. The van der Waals surface area contributed by atoms with Crippen LogP contribution in [0.2, 0.25) is 0 Å². The van der Waals surface area contributed by atoms with Gasteiger partial charge < -0.3 is 26.3 Å². The van der Waals surface area contributed by atoms with Crippen molar-refractivity contribution in [2.75, 3.05) is 30.9 Å². The highest BCUT2D eigenvalue weighted by molar-refractivity contribution is 7.09. The van der Waals surface area contributed by atoms with Crippen LogP contribution in [-0.4, -0.2) is 54.5 Å². The molecule has 1 aliphatic heterocycles. The van der Waals surface area contributed by atoms with Crippen molar-refractivity contribution in [2.45, 2.75) is 45.3 Å². The highest BCUT2D eigenvalue weighted by Gasteiger charge is 2.35. The molecule has 10 nitrogen and oxygen atoms in total. The largest absolute Gasteiger partial charge is 0.497 e. The van der Waals surface area contributed by atoms with Crippen molar-refractivity contribution in [3.63, 3.8) is 0 Å². The second-order valence-electron chi connectivity index (χ2n) is 8.54. The summed E-state index contributed by atoms with van der Waals surface area (Å²) in [5.74, 6) is -0.950. The summed E-state index contributed by atoms with van der Waals surface area (Å²) in [6.45, 7) is 5.00. The van der Waals surface area contributed by atoms with E-state index in [1.165, 1.54) is 4.90 Å². The summed E-state index contributed by atoms with van der Waals surface area (Å²) in [4.78, 5) is 40.3. The van der Waals surface area contributed by atoms with Crippen molar-refractivity contribution in [2.24, 2.45) is 11.7 Å². The number of nitrogens with two attached hydrogens (primary N) is 2. The van der Waals surface area contributed by atoms with Crippen LogP contribution in [0.3, 0.4) is 0 Å². The van der Waals surface area contributed by atoms with Gasteiger partial charge in [-0.05, 0) is 61.0 Å². The third-order valence-electron chi connectivity index (χ3n) is 5.56. The lowest BCUT2D eigenvalue weighted by atomic mass is 10.00. The smallest absolute Gasteiger partial charge is 0.272 e. The number of carbonyl (C=O) groups excluding carboxylic acids is 3. The number of ether oxygens (including phenoxy) is 2. The van der Waals surface area contributed by atoms with Gasteiger partial charge in [-0.2, -0.15) is 4.37 Å². The van der Waals surface area contributed by atoms with Crippen LogP contribution in [0.15, 0.2) is 24.3 Å². The molecule has 0 saturated carbocycles. The van der Waals surface area contributed by atoms with E-state index in [4.69, 9.17) is 20.9 Å². The van der Waals surface area contributed by atoms with Gasteiger partial charge in [-0.1, -0.05) is 13.8 Å². The van der Waals surface area contributed by atoms with Gasteiger partial charge in [0.05, 0.1) is 18.9 Å². The first kappa shape index (κ1) is 25.4. The lowest BCUT2D eigenvalue weighted by Gasteiger charge is -2.32. The van der Waals surface area contributed by atoms with Crippen LogP contribution in [-0.2, 0) is 9.53 Å². The van der Waals surface area contributed by atoms with E-state index < -0.39 is 17.9 Å². The quantitative estimate of drug-likeness (QED) is 0.463. The summed E-state index contributed by atoms with van der Waals surface area (Å²) in [7, 11) is 1.54. The van der Waals surface area contributed by atoms with Crippen LogP contribution in [0.4, 0.5) is 11.4 Å². The molecule has 0 unspecified atom stereocenters. The fraction of sp³-hybridized carbons (Fsp3) is 0.478. The lowest BCUT2D eigenvalue weighted by Crippen LogP contribution is -2.51. The SMILES string of the molecule is COc1ccc(N(C(=O)c2snc(C(N)=O)c2N)[C@@H](CC(C)C)C(=O)NC[C@H]2CCCO2)cc1. The Labute approximate surface area is 202 Å². The van der Waals surface area contributed by atoms with Crippen molar-refractivity contribution in [1.82, 2.24) is 9.69 Å². The van der Waals surface area contributed by atoms with Gasteiger partial charge in [-0.3, -0.25) is 19.3 Å². The molecule has 2 aromatic rings. The van der Waals surface area contributed by atoms with E-state index in [1.807, 2.05) is 13.8 Å². The molecule has 184 valence electrons. The summed E-state index contributed by atoms with van der Waals surface area (Å²) in [5.41, 5.74) is 11.6. The molecule has 34 heavy (non-hydrogen) atoms. The van der Waals surface area contributed by atoms with Crippen LogP contribution in [0.1, 0.15) is 53.3 Å². The number of hydrogen-bond acceptors (Lipinski definition) is 8. The van der Waals surface area contributed by atoms with E-state index in [9.17, 15) is 14.4 Å². The van der Waals surface area contributed by atoms with Gasteiger partial charge in [0.25, 0.3) is 11.8 Å². The number of methoxy groups -OCH3 is 1. The first-order valence-electron chi connectivity index (χ1n) is 11.1. The van der Waals surface area contributed by atoms with Crippen LogP contribution in [0.5, 0.6) is 5.75 Å². The number of carbonyl (C=O) groups is 3. The second-order valence-corrected chi connectivity index (χ2v) is 9.31. The molecule has 1 aromatic carbocycles. The molecule has 0 spiro atoms. The molecule has 2 heterocycles. The first-order chi connectivity index (χ1) is 16.2. The Kier molecular flexibility index (Phi) is 8.46. The summed E-state index contributed by atoms with van der Waals surface area (Å²) < 4.78 is 14.8. The standard InChI is InChI=1S/C23H31N5O5S/c1-13(2)11-17(22(30)26-12-16-5-4-10-33-16)28(14-6-8-15(32-3)9-7-14)23(31)20-18(24)19(21(25)29)27-34-20/h6-9,13,16-17H,4-5,10-12,24H2,1-3H3,(H2,25,29)(H,26,30)/t16-,17+/m1/s1. The number of amides is 3. The number of benzene rings is 1. The number of primary amides is 1. The fourth-order valence-corrected chi connectivity index (χ4v) is 4.58. The van der Waals surface area contributed by atoms with Crippen LogP contribution >= 0.6 is 11.5 Å². The number of nitrogens with one attached hydrogen (secondary N) is 1. The Balaban J connectivity index is 1.99. The van der Waals surface area contributed by atoms with Crippen LogP contribution in [0, 0.1) is 5.92 Å². The van der Waals surface area contributed by atoms with E-state index in [2.05, 4.69) is 9.69 Å². The molecule has 1 aromatic heterocycles. The Hall–Kier alpha value is -3.18. The maximum Gasteiger partial charge on any atom is 0.272 e. The van der Waals surface area contributed by atoms with E-state index in [0.29, 0.717) is 31.0 Å². The van der Waals surface area contributed by atoms with E-state index in [-0.39, 0.29) is 34.2 Å². The summed E-state index contributed by atoms with van der Waals surface area (Å²) >= 11 is 0.782. The van der Waals surface area contributed by atoms with Crippen molar-refractivity contribution >= 4 is 40.6 Å². The molecule has 0 radical (unpaired) electrons. The molecule has 1 saturated heterocycles. The predicted octanol–water partition coefficient (Wildman–Crippen LogP) is 2.19. The minimum absolute atomic E-state index is 0.0379. The number of anilines is 2. The lowest BCUT2D eigenvalue weighted by molar-refractivity contribution is -0.123. The summed E-state index contributed by atoms with van der Waals surface area (Å²) in [6.07, 6.45) is 2.20. The summed E-state index contributed by atoms with van der Waals surface area (Å²) in [5, 5.41) is 2.95. The first-order valence-corrected chi connectivity index (χ1v) is 11.9. The molecule has 0 aliphatic carbocycles. The molecule has 0 bridgehead atoms. The monoisotopic (exact) mass is 489 g/mol. The minimum Gasteiger partial charge on any atom is -0.497 e. The Bertz CT molecular complexity index is 1020. The molecule has 2 atom stereocenters. The predicted molar refractivity (Wildman–Crippen MR) is 130 cm³/mol. The number of aromatic nitrogens is 1. The third-order valence-corrected chi connectivity index (χ3v) is 6.41. The molecule has 1 aliphatic rings. The average Bonchev–Trinajstić information content (AvgIpc) is 3.46. The van der Waals surface area contributed by atoms with Gasteiger partial charge in [0.15, 0.2) is 5.69 Å². The number of hydrogen-bond donors (Lipinski definition) is 3. The van der Waals surface area contributed by atoms with Crippen molar-refractivity contribution < 1.29 is 23.9 Å². The zero-order chi connectivity index (χ0) is 24.8. The maximum absolute atomic E-state index is 13.8. The molecular weight excluding hydrogens is 458 g/mol. The average molecular weight is 490 g/mol. The van der Waals surface area contributed by atoms with Gasteiger partial charge in [-0.15, -0.1) is 0 Å². The van der Waals surface area contributed by atoms with E-state index >= 15 is 0 Å². The number of nitrogen functional groups attached to an aromatic ring is 1. The minimum atomic E-state index is -0.833. The third kappa shape index (κ3) is 5.84. The van der Waals surface area contributed by atoms with Crippen LogP contribution < -0.4 is 26.4 Å². The van der Waals surface area contributed by atoms with E-state index in [1.54, 1.807) is 31.4 Å². The zero-order valence-corrected chi connectivity index (χ0v) is 20.4. The Morgan fingerprint density at radius 2 is 2.00 bits per heavy atom. The molecule has 1 fully saturated rings.